The average Bonchev–Trinajstić information content (AvgIpc) is 3.42. The topological polar surface area (TPSA) is 98.4 Å². The van der Waals surface area contributed by atoms with Crippen LogP contribution in [0, 0.1) is 0 Å². The number of anilines is 2. The zero-order chi connectivity index (χ0) is 25.1. The van der Waals surface area contributed by atoms with Gasteiger partial charge in [0, 0.05) is 41.5 Å². The Labute approximate surface area is 209 Å². The number of aromatic nitrogens is 6. The smallest absolute Gasteiger partial charge is 0.157 e. The van der Waals surface area contributed by atoms with E-state index in [-0.39, 0.29) is 5.54 Å². The number of nitrogens with one attached hydrogen (secondary N) is 1. The van der Waals surface area contributed by atoms with Crippen LogP contribution in [0.15, 0.2) is 97.8 Å². The van der Waals surface area contributed by atoms with Gasteiger partial charge in [0.2, 0.25) is 0 Å². The second kappa shape index (κ2) is 9.50. The Morgan fingerprint density at radius 2 is 1.19 bits per heavy atom. The highest BCUT2D eigenvalue weighted by Crippen LogP contribution is 2.30. The number of fused-ring (bicyclic) bond motifs is 2. The summed E-state index contributed by atoms with van der Waals surface area (Å²) in [6.45, 7) is 6.42. The first-order chi connectivity index (χ1) is 17.4. The number of rotatable bonds is 3. The molecule has 2 aromatic carbocycles. The third kappa shape index (κ3) is 4.74. The molecule has 0 radical (unpaired) electrons. The average molecular weight is 477 g/mol. The standard InChI is InChI=1S/C16H18N4.C12H10N4/c1-16(2,3)19-15-14(12-7-5-4-6-8-12)18-13-11-17-9-10-20(13)15;13-12-11(9-4-2-1-3-5-9)15-10-8-14-6-7-16(10)12/h4-11,19H,1-3H3;1-8H,13H2. The van der Waals surface area contributed by atoms with Gasteiger partial charge in [-0.1, -0.05) is 60.7 Å². The zero-order valence-corrected chi connectivity index (χ0v) is 20.5. The van der Waals surface area contributed by atoms with Gasteiger partial charge >= 0.3 is 0 Å². The van der Waals surface area contributed by atoms with Crippen LogP contribution < -0.4 is 11.1 Å². The van der Waals surface area contributed by atoms with Crippen molar-refractivity contribution in [3.63, 3.8) is 0 Å². The normalized spacial score (nSPS) is 11.3. The van der Waals surface area contributed by atoms with E-state index in [0.29, 0.717) is 5.82 Å². The predicted molar refractivity (Wildman–Crippen MR) is 145 cm³/mol. The van der Waals surface area contributed by atoms with E-state index in [2.05, 4.69) is 53.2 Å². The molecule has 8 heteroatoms. The molecule has 0 aliphatic rings. The summed E-state index contributed by atoms with van der Waals surface area (Å²) in [5, 5.41) is 3.54. The number of benzene rings is 2. The van der Waals surface area contributed by atoms with Crippen LogP contribution in [0.1, 0.15) is 20.8 Å². The van der Waals surface area contributed by atoms with Crippen molar-refractivity contribution < 1.29 is 0 Å². The molecule has 3 N–H and O–H groups in total. The Morgan fingerprint density at radius 1 is 0.694 bits per heavy atom. The number of nitrogen functional groups attached to an aromatic ring is 1. The van der Waals surface area contributed by atoms with E-state index in [4.69, 9.17) is 10.7 Å². The maximum Gasteiger partial charge on any atom is 0.157 e. The minimum absolute atomic E-state index is 0.0389. The van der Waals surface area contributed by atoms with Gasteiger partial charge in [0.1, 0.15) is 23.0 Å². The van der Waals surface area contributed by atoms with E-state index < -0.39 is 0 Å². The minimum Gasteiger partial charge on any atom is -0.383 e. The number of nitrogens with two attached hydrogens (primary N) is 1. The molecule has 0 saturated heterocycles. The van der Waals surface area contributed by atoms with Crippen molar-refractivity contribution in [1.82, 2.24) is 28.7 Å². The summed E-state index contributed by atoms with van der Waals surface area (Å²) in [4.78, 5) is 17.3. The Kier molecular flexibility index (Phi) is 6.08. The summed E-state index contributed by atoms with van der Waals surface area (Å²) < 4.78 is 3.87. The van der Waals surface area contributed by atoms with Crippen LogP contribution in [-0.2, 0) is 0 Å². The summed E-state index contributed by atoms with van der Waals surface area (Å²) in [6, 6.07) is 20.1. The van der Waals surface area contributed by atoms with Crippen LogP contribution in [-0.4, -0.2) is 34.3 Å². The third-order valence-corrected chi connectivity index (χ3v) is 5.49. The fraction of sp³-hybridized carbons (Fsp3) is 0.143. The van der Waals surface area contributed by atoms with Crippen LogP contribution >= 0.6 is 0 Å². The molecule has 6 aromatic rings. The number of nitrogens with zero attached hydrogens (tertiary/aromatic N) is 6. The second-order valence-corrected chi connectivity index (χ2v) is 9.37. The monoisotopic (exact) mass is 476 g/mol. The molecule has 6 rings (SSSR count). The van der Waals surface area contributed by atoms with Crippen LogP contribution in [0.2, 0.25) is 0 Å². The molecule has 0 aliphatic carbocycles. The molecule has 0 unspecified atom stereocenters. The Bertz CT molecular complexity index is 1600. The van der Waals surface area contributed by atoms with Crippen molar-refractivity contribution in [2.24, 2.45) is 0 Å². The van der Waals surface area contributed by atoms with Gasteiger partial charge in [-0.2, -0.15) is 0 Å². The molecule has 36 heavy (non-hydrogen) atoms. The van der Waals surface area contributed by atoms with Crippen molar-refractivity contribution in [2.75, 3.05) is 11.1 Å². The lowest BCUT2D eigenvalue weighted by Gasteiger charge is -2.22. The molecule has 0 atom stereocenters. The highest BCUT2D eigenvalue weighted by atomic mass is 15.2. The van der Waals surface area contributed by atoms with Crippen molar-refractivity contribution >= 4 is 22.9 Å². The summed E-state index contributed by atoms with van der Waals surface area (Å²) in [5.41, 5.74) is 11.5. The SMILES string of the molecule is CC(C)(C)Nc1c(-c2ccccc2)nc2cnccn12.Nc1c(-c2ccccc2)nc2cnccn12. The Morgan fingerprint density at radius 3 is 1.75 bits per heavy atom. The van der Waals surface area contributed by atoms with E-state index in [0.717, 1.165) is 39.6 Å². The summed E-state index contributed by atoms with van der Waals surface area (Å²) in [7, 11) is 0. The molecule has 0 bridgehead atoms. The number of hydrogen-bond acceptors (Lipinski definition) is 6. The van der Waals surface area contributed by atoms with Crippen molar-refractivity contribution in [1.29, 1.82) is 0 Å². The molecular weight excluding hydrogens is 448 g/mol. The summed E-state index contributed by atoms with van der Waals surface area (Å²) in [5.74, 6) is 1.64. The molecular formula is C28H28N8. The summed E-state index contributed by atoms with van der Waals surface area (Å²) >= 11 is 0. The van der Waals surface area contributed by atoms with E-state index in [1.54, 1.807) is 24.8 Å². The third-order valence-electron chi connectivity index (χ3n) is 5.49. The quantitative estimate of drug-likeness (QED) is 0.346. The maximum absolute atomic E-state index is 6.04. The molecule has 4 aromatic heterocycles. The molecule has 0 amide bonds. The number of imidazole rings is 2. The first kappa shape index (κ1) is 23.0. The van der Waals surface area contributed by atoms with Gasteiger partial charge in [0.15, 0.2) is 11.3 Å². The van der Waals surface area contributed by atoms with E-state index in [9.17, 15) is 0 Å². The molecule has 0 aliphatic heterocycles. The van der Waals surface area contributed by atoms with Crippen LogP contribution in [0.3, 0.4) is 0 Å². The van der Waals surface area contributed by atoms with Gasteiger partial charge in [-0.3, -0.25) is 18.8 Å². The highest BCUT2D eigenvalue weighted by Gasteiger charge is 2.19. The zero-order valence-electron chi connectivity index (χ0n) is 20.5. The molecule has 0 saturated carbocycles. The van der Waals surface area contributed by atoms with Gasteiger partial charge in [-0.25, -0.2) is 9.97 Å². The molecule has 180 valence electrons. The van der Waals surface area contributed by atoms with E-state index >= 15 is 0 Å². The maximum atomic E-state index is 6.04. The van der Waals surface area contributed by atoms with Crippen LogP contribution in [0.4, 0.5) is 11.6 Å². The minimum atomic E-state index is -0.0389. The van der Waals surface area contributed by atoms with Gasteiger partial charge in [0.25, 0.3) is 0 Å². The lowest BCUT2D eigenvalue weighted by atomic mass is 10.1. The molecule has 0 fully saturated rings. The van der Waals surface area contributed by atoms with Crippen molar-refractivity contribution in [2.45, 2.75) is 26.3 Å². The van der Waals surface area contributed by atoms with Crippen LogP contribution in [0.25, 0.3) is 33.8 Å². The van der Waals surface area contributed by atoms with E-state index in [1.807, 2.05) is 69.7 Å². The Balaban J connectivity index is 0.000000152. The highest BCUT2D eigenvalue weighted by molar-refractivity contribution is 5.77. The van der Waals surface area contributed by atoms with Crippen molar-refractivity contribution in [3.05, 3.63) is 97.8 Å². The first-order valence-corrected chi connectivity index (χ1v) is 11.7. The first-order valence-electron chi connectivity index (χ1n) is 11.7. The van der Waals surface area contributed by atoms with E-state index in [1.165, 1.54) is 0 Å². The molecule has 8 nitrogen and oxygen atoms in total. The van der Waals surface area contributed by atoms with Gasteiger partial charge in [0.05, 0.1) is 12.4 Å². The lowest BCUT2D eigenvalue weighted by Crippen LogP contribution is -2.27. The van der Waals surface area contributed by atoms with Crippen LogP contribution in [0.5, 0.6) is 0 Å². The van der Waals surface area contributed by atoms with Gasteiger partial charge < -0.3 is 11.1 Å². The molecule has 4 heterocycles. The fourth-order valence-electron chi connectivity index (χ4n) is 3.91. The second-order valence-electron chi connectivity index (χ2n) is 9.37. The number of hydrogen-bond donors (Lipinski definition) is 2. The summed E-state index contributed by atoms with van der Waals surface area (Å²) in [6.07, 6.45) is 10.7. The van der Waals surface area contributed by atoms with Gasteiger partial charge in [-0.15, -0.1) is 0 Å². The Hall–Kier alpha value is -4.72. The van der Waals surface area contributed by atoms with Crippen molar-refractivity contribution in [3.8, 4) is 22.5 Å². The predicted octanol–water partition coefficient (Wildman–Crippen LogP) is 5.59. The van der Waals surface area contributed by atoms with Gasteiger partial charge in [-0.05, 0) is 20.8 Å². The molecule has 0 spiro atoms. The largest absolute Gasteiger partial charge is 0.383 e. The lowest BCUT2D eigenvalue weighted by molar-refractivity contribution is 0.629. The fourth-order valence-corrected chi connectivity index (χ4v) is 3.91.